The van der Waals surface area contributed by atoms with Gasteiger partial charge in [0, 0.05) is 6.04 Å². The maximum Gasteiger partial charge on any atom is 0.338 e. The van der Waals surface area contributed by atoms with Crippen LogP contribution in [0.5, 0.6) is 0 Å². The maximum atomic E-state index is 11.7. The van der Waals surface area contributed by atoms with Crippen molar-refractivity contribution in [3.63, 3.8) is 0 Å². The summed E-state index contributed by atoms with van der Waals surface area (Å²) < 4.78 is 4.82. The fourth-order valence-corrected chi connectivity index (χ4v) is 2.52. The molecule has 1 N–H and O–H groups in total. The molecular formula is C14H19NO2. The van der Waals surface area contributed by atoms with Crippen molar-refractivity contribution < 1.29 is 9.53 Å². The number of methoxy groups -OCH3 is 1. The Balaban J connectivity index is 2.41. The second-order valence-electron chi connectivity index (χ2n) is 4.66. The van der Waals surface area contributed by atoms with Crippen molar-refractivity contribution >= 4 is 5.97 Å². The van der Waals surface area contributed by atoms with E-state index in [0.717, 1.165) is 18.5 Å². The molecule has 0 saturated carbocycles. The van der Waals surface area contributed by atoms with Crippen LogP contribution in [0.2, 0.25) is 0 Å². The van der Waals surface area contributed by atoms with E-state index in [2.05, 4.69) is 18.3 Å². The number of hydrogen-bond acceptors (Lipinski definition) is 3. The second-order valence-corrected chi connectivity index (χ2v) is 4.66. The molecule has 17 heavy (non-hydrogen) atoms. The number of ether oxygens (including phenoxy) is 1. The van der Waals surface area contributed by atoms with E-state index in [1.807, 2.05) is 13.0 Å². The molecule has 3 nitrogen and oxygen atoms in total. The quantitative estimate of drug-likeness (QED) is 0.798. The molecule has 0 spiro atoms. The first kappa shape index (κ1) is 12.1. The van der Waals surface area contributed by atoms with Crippen LogP contribution in [0.4, 0.5) is 0 Å². The van der Waals surface area contributed by atoms with Gasteiger partial charge in [-0.15, -0.1) is 0 Å². The first-order valence-electron chi connectivity index (χ1n) is 6.06. The van der Waals surface area contributed by atoms with E-state index >= 15 is 0 Å². The number of hydrogen-bond donors (Lipinski definition) is 1. The summed E-state index contributed by atoms with van der Waals surface area (Å²) in [6.45, 7) is 5.11. The molecule has 92 valence electrons. The number of rotatable bonds is 2. The van der Waals surface area contributed by atoms with Crippen molar-refractivity contribution in [2.75, 3.05) is 13.7 Å². The molecule has 3 heteroatoms. The van der Waals surface area contributed by atoms with E-state index in [4.69, 9.17) is 4.74 Å². The maximum absolute atomic E-state index is 11.7. The lowest BCUT2D eigenvalue weighted by molar-refractivity contribution is 0.0599. The van der Waals surface area contributed by atoms with Crippen LogP contribution in [0, 0.1) is 13.8 Å². The zero-order valence-corrected chi connectivity index (χ0v) is 10.7. The van der Waals surface area contributed by atoms with Gasteiger partial charge in [0.15, 0.2) is 0 Å². The number of carbonyl (C=O) groups excluding carboxylic acids is 1. The average Bonchev–Trinajstić information content (AvgIpc) is 2.81. The SMILES string of the molecule is COC(=O)c1cc(C2CCCN2)c(C)cc1C. The van der Waals surface area contributed by atoms with E-state index in [9.17, 15) is 4.79 Å². The van der Waals surface area contributed by atoms with E-state index in [0.29, 0.717) is 11.6 Å². The molecular weight excluding hydrogens is 214 g/mol. The standard InChI is InChI=1S/C14H19NO2/c1-9-7-10(2)12(14(16)17-3)8-11(9)13-5-4-6-15-13/h7-8,13,15H,4-6H2,1-3H3. The van der Waals surface area contributed by atoms with Gasteiger partial charge in [0.05, 0.1) is 12.7 Å². The largest absolute Gasteiger partial charge is 0.465 e. The van der Waals surface area contributed by atoms with E-state index in [1.165, 1.54) is 24.7 Å². The Morgan fingerprint density at radius 1 is 1.35 bits per heavy atom. The van der Waals surface area contributed by atoms with Crippen LogP contribution in [0.15, 0.2) is 12.1 Å². The minimum atomic E-state index is -0.248. The lowest BCUT2D eigenvalue weighted by Crippen LogP contribution is -2.15. The van der Waals surface area contributed by atoms with Gasteiger partial charge in [0.2, 0.25) is 0 Å². The van der Waals surface area contributed by atoms with E-state index in [1.54, 1.807) is 0 Å². The summed E-state index contributed by atoms with van der Waals surface area (Å²) in [7, 11) is 1.43. The summed E-state index contributed by atoms with van der Waals surface area (Å²) in [5.74, 6) is -0.248. The van der Waals surface area contributed by atoms with Gasteiger partial charge in [-0.25, -0.2) is 4.79 Å². The van der Waals surface area contributed by atoms with Crippen molar-refractivity contribution in [1.29, 1.82) is 0 Å². The molecule has 0 aromatic heterocycles. The molecule has 1 aromatic rings. The smallest absolute Gasteiger partial charge is 0.338 e. The van der Waals surface area contributed by atoms with Crippen molar-refractivity contribution in [3.8, 4) is 0 Å². The molecule has 0 aliphatic carbocycles. The molecule has 2 rings (SSSR count). The third-order valence-corrected chi connectivity index (χ3v) is 3.45. The molecule has 0 amide bonds. The molecule has 0 bridgehead atoms. The minimum Gasteiger partial charge on any atom is -0.465 e. The zero-order chi connectivity index (χ0) is 12.4. The van der Waals surface area contributed by atoms with Crippen molar-refractivity contribution in [2.24, 2.45) is 0 Å². The van der Waals surface area contributed by atoms with Crippen LogP contribution in [0.3, 0.4) is 0 Å². The van der Waals surface area contributed by atoms with Crippen LogP contribution in [0.25, 0.3) is 0 Å². The summed E-state index contributed by atoms with van der Waals surface area (Å²) in [6.07, 6.45) is 2.34. The van der Waals surface area contributed by atoms with Gasteiger partial charge in [0.1, 0.15) is 0 Å². The topological polar surface area (TPSA) is 38.3 Å². The Labute approximate surface area is 102 Å². The fourth-order valence-electron chi connectivity index (χ4n) is 2.52. The van der Waals surface area contributed by atoms with Crippen molar-refractivity contribution in [1.82, 2.24) is 5.32 Å². The molecule has 1 heterocycles. The first-order chi connectivity index (χ1) is 8.13. The first-order valence-corrected chi connectivity index (χ1v) is 6.06. The third-order valence-electron chi connectivity index (χ3n) is 3.45. The molecule has 1 aliphatic rings. The highest BCUT2D eigenvalue weighted by Crippen LogP contribution is 2.28. The van der Waals surface area contributed by atoms with Gasteiger partial charge in [-0.1, -0.05) is 6.07 Å². The van der Waals surface area contributed by atoms with Gasteiger partial charge < -0.3 is 10.1 Å². The summed E-state index contributed by atoms with van der Waals surface area (Å²) >= 11 is 0. The zero-order valence-electron chi connectivity index (χ0n) is 10.7. The van der Waals surface area contributed by atoms with Crippen molar-refractivity contribution in [3.05, 3.63) is 34.4 Å². The molecule has 1 aliphatic heterocycles. The van der Waals surface area contributed by atoms with Gasteiger partial charge in [-0.05, 0) is 56.0 Å². The van der Waals surface area contributed by atoms with E-state index in [-0.39, 0.29) is 5.97 Å². The lowest BCUT2D eigenvalue weighted by Gasteiger charge is -2.16. The third kappa shape index (κ3) is 2.34. The lowest BCUT2D eigenvalue weighted by atomic mass is 9.94. The molecule has 1 atom stereocenters. The monoisotopic (exact) mass is 233 g/mol. The number of esters is 1. The number of aryl methyl sites for hydroxylation is 2. The van der Waals surface area contributed by atoms with Crippen LogP contribution in [-0.4, -0.2) is 19.6 Å². The summed E-state index contributed by atoms with van der Waals surface area (Å²) in [5, 5.41) is 3.47. The van der Waals surface area contributed by atoms with Crippen molar-refractivity contribution in [2.45, 2.75) is 32.7 Å². The van der Waals surface area contributed by atoms with Gasteiger partial charge in [-0.3, -0.25) is 0 Å². The Hall–Kier alpha value is -1.35. The molecule has 1 aromatic carbocycles. The van der Waals surface area contributed by atoms with Gasteiger partial charge in [0.25, 0.3) is 0 Å². The Bertz CT molecular complexity index is 434. The summed E-state index contributed by atoms with van der Waals surface area (Å²) in [4.78, 5) is 11.7. The van der Waals surface area contributed by atoms with Gasteiger partial charge in [-0.2, -0.15) is 0 Å². The van der Waals surface area contributed by atoms with Crippen LogP contribution >= 0.6 is 0 Å². The molecule has 1 unspecified atom stereocenters. The summed E-state index contributed by atoms with van der Waals surface area (Å²) in [5.41, 5.74) is 4.14. The average molecular weight is 233 g/mol. The van der Waals surface area contributed by atoms with Crippen LogP contribution in [-0.2, 0) is 4.74 Å². The number of benzene rings is 1. The second kappa shape index (κ2) is 4.88. The van der Waals surface area contributed by atoms with Gasteiger partial charge >= 0.3 is 5.97 Å². The fraction of sp³-hybridized carbons (Fsp3) is 0.500. The van der Waals surface area contributed by atoms with Crippen LogP contribution in [0.1, 0.15) is 45.9 Å². The molecule has 1 saturated heterocycles. The number of nitrogens with one attached hydrogen (secondary N) is 1. The molecule has 1 fully saturated rings. The minimum absolute atomic E-state index is 0.248. The predicted molar refractivity (Wildman–Crippen MR) is 67.2 cm³/mol. The van der Waals surface area contributed by atoms with E-state index < -0.39 is 0 Å². The highest BCUT2D eigenvalue weighted by Gasteiger charge is 2.20. The summed E-state index contributed by atoms with van der Waals surface area (Å²) in [6, 6.07) is 4.44. The van der Waals surface area contributed by atoms with Crippen LogP contribution < -0.4 is 5.32 Å². The Morgan fingerprint density at radius 2 is 2.12 bits per heavy atom. The number of carbonyl (C=O) groups is 1. The predicted octanol–water partition coefficient (Wildman–Crippen LogP) is 2.51. The Kier molecular flexibility index (Phi) is 3.48. The molecule has 0 radical (unpaired) electrons. The highest BCUT2D eigenvalue weighted by atomic mass is 16.5. The highest BCUT2D eigenvalue weighted by molar-refractivity contribution is 5.91. The normalized spacial score (nSPS) is 19.4. The Morgan fingerprint density at radius 3 is 2.71 bits per heavy atom.